The number of anilines is 2. The third-order valence-electron chi connectivity index (χ3n) is 3.72. The second kappa shape index (κ2) is 6.48. The molecule has 6 heteroatoms. The number of pyridine rings is 1. The number of carbonyl (C=O) groups is 2. The van der Waals surface area contributed by atoms with Crippen LogP contribution in [0.3, 0.4) is 0 Å². The number of benzene rings is 1. The van der Waals surface area contributed by atoms with Gasteiger partial charge in [0.15, 0.2) is 0 Å². The molecular weight excluding hydrogens is 294 g/mol. The molecule has 1 aliphatic rings. The molecule has 1 aromatic heterocycles. The molecule has 1 aliphatic heterocycles. The van der Waals surface area contributed by atoms with Gasteiger partial charge in [-0.25, -0.2) is 4.98 Å². The van der Waals surface area contributed by atoms with Crippen molar-refractivity contribution < 1.29 is 14.3 Å². The van der Waals surface area contributed by atoms with E-state index < -0.39 is 0 Å². The Morgan fingerprint density at radius 2 is 2.00 bits per heavy atom. The lowest BCUT2D eigenvalue weighted by Gasteiger charge is -2.15. The van der Waals surface area contributed by atoms with E-state index >= 15 is 0 Å². The normalized spacial score (nSPS) is 14.0. The Morgan fingerprint density at radius 3 is 2.57 bits per heavy atom. The summed E-state index contributed by atoms with van der Waals surface area (Å²) in [4.78, 5) is 29.7. The zero-order valence-electron chi connectivity index (χ0n) is 12.8. The number of nitrogens with one attached hydrogen (secondary N) is 1. The molecule has 1 aromatic carbocycles. The SMILES string of the molecule is COc1ccc(NC(=O)c2ccc(N3CCCC3=O)cc2)cn1. The van der Waals surface area contributed by atoms with E-state index in [-0.39, 0.29) is 11.8 Å². The number of ether oxygens (including phenoxy) is 1. The maximum atomic E-state index is 12.2. The Labute approximate surface area is 134 Å². The fraction of sp³-hybridized carbons (Fsp3) is 0.235. The fourth-order valence-corrected chi connectivity index (χ4v) is 2.49. The average Bonchev–Trinajstić information content (AvgIpc) is 3.02. The standard InChI is InChI=1S/C17H17N3O3/c1-23-15-9-6-13(11-18-15)19-17(22)12-4-7-14(8-5-12)20-10-2-3-16(20)21/h4-9,11H,2-3,10H2,1H3,(H,19,22). The molecule has 1 fully saturated rings. The monoisotopic (exact) mass is 311 g/mol. The smallest absolute Gasteiger partial charge is 0.255 e. The number of aromatic nitrogens is 1. The number of hydrogen-bond acceptors (Lipinski definition) is 4. The molecule has 1 N–H and O–H groups in total. The first-order valence-electron chi connectivity index (χ1n) is 7.39. The lowest BCUT2D eigenvalue weighted by Crippen LogP contribution is -2.23. The van der Waals surface area contributed by atoms with Crippen LogP contribution in [0.5, 0.6) is 5.88 Å². The highest BCUT2D eigenvalue weighted by Crippen LogP contribution is 2.22. The van der Waals surface area contributed by atoms with Crippen LogP contribution in [-0.4, -0.2) is 30.5 Å². The third-order valence-corrected chi connectivity index (χ3v) is 3.72. The van der Waals surface area contributed by atoms with Gasteiger partial charge in [0.1, 0.15) is 0 Å². The quantitative estimate of drug-likeness (QED) is 0.941. The molecule has 0 unspecified atom stereocenters. The number of carbonyl (C=O) groups excluding carboxylic acids is 2. The number of hydrogen-bond donors (Lipinski definition) is 1. The number of amides is 2. The highest BCUT2D eigenvalue weighted by Gasteiger charge is 2.21. The lowest BCUT2D eigenvalue weighted by atomic mass is 10.2. The molecule has 0 saturated carbocycles. The fourth-order valence-electron chi connectivity index (χ4n) is 2.49. The molecule has 0 aliphatic carbocycles. The van der Waals surface area contributed by atoms with Crippen LogP contribution in [0, 0.1) is 0 Å². The van der Waals surface area contributed by atoms with E-state index in [1.807, 2.05) is 0 Å². The molecule has 2 heterocycles. The van der Waals surface area contributed by atoms with Crippen molar-refractivity contribution in [2.75, 3.05) is 23.9 Å². The van der Waals surface area contributed by atoms with Gasteiger partial charge in [0, 0.05) is 30.3 Å². The Bertz CT molecular complexity index is 711. The van der Waals surface area contributed by atoms with Gasteiger partial charge in [-0.05, 0) is 36.8 Å². The van der Waals surface area contributed by atoms with E-state index in [4.69, 9.17) is 4.74 Å². The van der Waals surface area contributed by atoms with Crippen molar-refractivity contribution >= 4 is 23.2 Å². The summed E-state index contributed by atoms with van der Waals surface area (Å²) in [5.41, 5.74) is 1.95. The molecule has 0 spiro atoms. The van der Waals surface area contributed by atoms with Gasteiger partial charge in [-0.1, -0.05) is 0 Å². The maximum Gasteiger partial charge on any atom is 0.255 e. The third kappa shape index (κ3) is 3.31. The molecule has 23 heavy (non-hydrogen) atoms. The zero-order chi connectivity index (χ0) is 16.2. The minimum atomic E-state index is -0.226. The van der Waals surface area contributed by atoms with Gasteiger partial charge in [-0.15, -0.1) is 0 Å². The molecule has 1 saturated heterocycles. The van der Waals surface area contributed by atoms with E-state index in [2.05, 4.69) is 10.3 Å². The Hall–Kier alpha value is -2.89. The summed E-state index contributed by atoms with van der Waals surface area (Å²) in [6.45, 7) is 0.738. The summed E-state index contributed by atoms with van der Waals surface area (Å²) in [7, 11) is 1.53. The largest absolute Gasteiger partial charge is 0.481 e. The molecule has 2 aromatic rings. The van der Waals surface area contributed by atoms with E-state index in [0.717, 1.165) is 18.7 Å². The van der Waals surface area contributed by atoms with Crippen LogP contribution >= 0.6 is 0 Å². The topological polar surface area (TPSA) is 71.5 Å². The molecule has 6 nitrogen and oxygen atoms in total. The van der Waals surface area contributed by atoms with Crippen LogP contribution in [0.2, 0.25) is 0 Å². The van der Waals surface area contributed by atoms with Crippen LogP contribution in [0.25, 0.3) is 0 Å². The van der Waals surface area contributed by atoms with Crippen molar-refractivity contribution in [1.29, 1.82) is 0 Å². The predicted octanol–water partition coefficient (Wildman–Crippen LogP) is 2.47. The number of nitrogens with zero attached hydrogens (tertiary/aromatic N) is 2. The van der Waals surface area contributed by atoms with Crippen molar-refractivity contribution in [3.63, 3.8) is 0 Å². The minimum absolute atomic E-state index is 0.131. The predicted molar refractivity (Wildman–Crippen MR) is 86.8 cm³/mol. The average molecular weight is 311 g/mol. The first kappa shape index (κ1) is 15.0. The number of methoxy groups -OCH3 is 1. The van der Waals surface area contributed by atoms with Crippen LogP contribution < -0.4 is 15.0 Å². The molecule has 2 amide bonds. The molecular formula is C17H17N3O3. The Balaban J connectivity index is 1.68. The second-order valence-corrected chi connectivity index (χ2v) is 5.24. The van der Waals surface area contributed by atoms with Crippen LogP contribution in [0.1, 0.15) is 23.2 Å². The lowest BCUT2D eigenvalue weighted by molar-refractivity contribution is -0.117. The maximum absolute atomic E-state index is 12.2. The first-order chi connectivity index (χ1) is 11.2. The van der Waals surface area contributed by atoms with Gasteiger partial charge in [0.2, 0.25) is 11.8 Å². The van der Waals surface area contributed by atoms with E-state index in [1.54, 1.807) is 41.3 Å². The van der Waals surface area contributed by atoms with E-state index in [1.165, 1.54) is 13.3 Å². The minimum Gasteiger partial charge on any atom is -0.481 e. The first-order valence-corrected chi connectivity index (χ1v) is 7.39. The number of rotatable bonds is 4. The van der Waals surface area contributed by atoms with Crippen molar-refractivity contribution in [3.05, 3.63) is 48.2 Å². The van der Waals surface area contributed by atoms with Gasteiger partial charge in [-0.3, -0.25) is 9.59 Å². The highest BCUT2D eigenvalue weighted by atomic mass is 16.5. The van der Waals surface area contributed by atoms with Crippen molar-refractivity contribution in [3.8, 4) is 5.88 Å². The van der Waals surface area contributed by atoms with Crippen molar-refractivity contribution in [2.24, 2.45) is 0 Å². The highest BCUT2D eigenvalue weighted by molar-refractivity contribution is 6.04. The second-order valence-electron chi connectivity index (χ2n) is 5.24. The van der Waals surface area contributed by atoms with Gasteiger partial charge < -0.3 is 15.0 Å². The van der Waals surface area contributed by atoms with Crippen LogP contribution in [-0.2, 0) is 4.79 Å². The van der Waals surface area contributed by atoms with E-state index in [0.29, 0.717) is 23.6 Å². The summed E-state index contributed by atoms with van der Waals surface area (Å²) >= 11 is 0. The summed E-state index contributed by atoms with van der Waals surface area (Å²) in [5, 5.41) is 2.77. The molecule has 0 bridgehead atoms. The van der Waals surface area contributed by atoms with Crippen molar-refractivity contribution in [1.82, 2.24) is 4.98 Å². The summed E-state index contributed by atoms with van der Waals surface area (Å²) < 4.78 is 4.97. The Kier molecular flexibility index (Phi) is 4.23. The van der Waals surface area contributed by atoms with Crippen LogP contribution in [0.15, 0.2) is 42.6 Å². The van der Waals surface area contributed by atoms with Gasteiger partial charge in [0.05, 0.1) is 19.0 Å². The Morgan fingerprint density at radius 1 is 1.22 bits per heavy atom. The van der Waals surface area contributed by atoms with E-state index in [9.17, 15) is 9.59 Å². The zero-order valence-corrected chi connectivity index (χ0v) is 12.8. The molecule has 118 valence electrons. The molecule has 0 atom stereocenters. The summed E-state index contributed by atoms with van der Waals surface area (Å²) in [5.74, 6) is 0.394. The van der Waals surface area contributed by atoms with Gasteiger partial charge in [0.25, 0.3) is 5.91 Å². The molecule has 0 radical (unpaired) electrons. The summed E-state index contributed by atoms with van der Waals surface area (Å²) in [6, 6.07) is 10.4. The van der Waals surface area contributed by atoms with Crippen molar-refractivity contribution in [2.45, 2.75) is 12.8 Å². The molecule has 3 rings (SSSR count). The van der Waals surface area contributed by atoms with Gasteiger partial charge in [-0.2, -0.15) is 0 Å². The summed E-state index contributed by atoms with van der Waals surface area (Å²) in [6.07, 6.45) is 3.01. The van der Waals surface area contributed by atoms with Gasteiger partial charge >= 0.3 is 0 Å². The van der Waals surface area contributed by atoms with Crippen LogP contribution in [0.4, 0.5) is 11.4 Å².